The maximum Gasteiger partial charge on any atom is 2.00 e. The van der Waals surface area contributed by atoms with Crippen LogP contribution in [-0.4, -0.2) is 11.9 Å². The van der Waals surface area contributed by atoms with Crippen molar-refractivity contribution in [3.05, 3.63) is 0 Å². The second kappa shape index (κ2) is 40.0. The summed E-state index contributed by atoms with van der Waals surface area (Å²) in [6, 6.07) is 0. The molecule has 0 bridgehead atoms. The van der Waals surface area contributed by atoms with Crippen molar-refractivity contribution >= 4 is 11.9 Å². The van der Waals surface area contributed by atoms with Crippen LogP contribution in [0.25, 0.3) is 0 Å². The minimum Gasteiger partial charge on any atom is -0.550 e. The van der Waals surface area contributed by atoms with Crippen LogP contribution in [0.15, 0.2) is 0 Å². The van der Waals surface area contributed by atoms with E-state index in [0.29, 0.717) is 0 Å². The number of rotatable bonds is 30. The first kappa shape index (κ1) is 43.3. The zero-order chi connectivity index (χ0) is 28.4. The molecule has 0 spiro atoms. The van der Waals surface area contributed by atoms with Crippen LogP contribution in [0.3, 0.4) is 0 Å². The minimum absolute atomic E-state index is 0. The molecular formula is C34H66CdO4. The van der Waals surface area contributed by atoms with Gasteiger partial charge in [0.05, 0.1) is 0 Å². The van der Waals surface area contributed by atoms with Gasteiger partial charge in [-0.05, 0) is 25.7 Å². The van der Waals surface area contributed by atoms with Crippen molar-refractivity contribution in [1.82, 2.24) is 0 Å². The molecule has 228 valence electrons. The standard InChI is InChI=1S/2C17H34O2.Cd/c2*1-2-3-4-5-6-7-8-9-10-11-12-13-14-15-16-17(18)19;/h2*2-16H2,1H3,(H,18,19);/q;;+2/p-2. The van der Waals surface area contributed by atoms with Gasteiger partial charge >= 0.3 is 27.3 Å². The number of carbonyl (C=O) groups is 2. The Morgan fingerprint density at radius 2 is 0.487 bits per heavy atom. The number of carboxylic acids is 2. The molecule has 0 aromatic carbocycles. The summed E-state index contributed by atoms with van der Waals surface area (Å²) in [7, 11) is 0. The molecule has 39 heavy (non-hydrogen) atoms. The van der Waals surface area contributed by atoms with E-state index in [2.05, 4.69) is 13.8 Å². The largest absolute Gasteiger partial charge is 2.00 e. The quantitative estimate of drug-likeness (QED) is 0.0573. The van der Waals surface area contributed by atoms with E-state index in [1.165, 1.54) is 154 Å². The molecule has 0 N–H and O–H groups in total. The average Bonchev–Trinajstić information content (AvgIpc) is 2.89. The van der Waals surface area contributed by atoms with Gasteiger partial charge in [-0.25, -0.2) is 0 Å². The zero-order valence-corrected chi connectivity index (χ0v) is 30.6. The van der Waals surface area contributed by atoms with Crippen molar-refractivity contribution < 1.29 is 47.1 Å². The predicted octanol–water partition coefficient (Wildman–Crippen LogP) is 9.21. The first-order chi connectivity index (χ1) is 18.5. The molecule has 0 radical (unpaired) electrons. The molecule has 0 saturated carbocycles. The molecular weight excluding hydrogens is 585 g/mol. The monoisotopic (exact) mass is 652 g/mol. The summed E-state index contributed by atoms with van der Waals surface area (Å²) in [6.45, 7) is 4.52. The Hall–Kier alpha value is -0.138. The Kier molecular flexibility index (Phi) is 44.4. The Balaban J connectivity index is -0.000000648. The van der Waals surface area contributed by atoms with Gasteiger partial charge in [0.25, 0.3) is 0 Å². The summed E-state index contributed by atoms with van der Waals surface area (Å²) in [5.74, 6) is -1.81. The van der Waals surface area contributed by atoms with Gasteiger partial charge in [0.1, 0.15) is 0 Å². The van der Waals surface area contributed by atoms with E-state index in [4.69, 9.17) is 0 Å². The zero-order valence-electron chi connectivity index (χ0n) is 26.6. The maximum absolute atomic E-state index is 10.2. The fourth-order valence-corrected chi connectivity index (χ4v) is 4.93. The third-order valence-corrected chi connectivity index (χ3v) is 7.47. The van der Waals surface area contributed by atoms with E-state index in [-0.39, 0.29) is 40.1 Å². The second-order valence-electron chi connectivity index (χ2n) is 11.4. The molecule has 0 amide bonds. The first-order valence-corrected chi connectivity index (χ1v) is 16.9. The van der Waals surface area contributed by atoms with Crippen LogP contribution in [0.5, 0.6) is 0 Å². The third kappa shape index (κ3) is 48.0. The number of carboxylic acid groups (broad SMARTS) is 2. The molecule has 0 aromatic heterocycles. The molecule has 0 fully saturated rings. The topological polar surface area (TPSA) is 80.3 Å². The van der Waals surface area contributed by atoms with E-state index in [9.17, 15) is 19.8 Å². The molecule has 0 aromatic rings. The Bertz CT molecular complexity index is 428. The number of aliphatic carboxylic acids is 2. The van der Waals surface area contributed by atoms with Gasteiger partial charge in [-0.15, -0.1) is 0 Å². The van der Waals surface area contributed by atoms with Crippen molar-refractivity contribution in [2.45, 2.75) is 206 Å². The normalized spacial score (nSPS) is 10.5. The molecule has 0 aliphatic carbocycles. The molecule has 0 atom stereocenters. The molecule has 0 unspecified atom stereocenters. The molecule has 0 aliphatic rings. The predicted molar refractivity (Wildman–Crippen MR) is 160 cm³/mol. The molecule has 0 rings (SSSR count). The number of hydrogen-bond donors (Lipinski definition) is 0. The van der Waals surface area contributed by atoms with Gasteiger partial charge in [0.15, 0.2) is 0 Å². The molecule has 0 saturated heterocycles. The van der Waals surface area contributed by atoms with Crippen LogP contribution in [0, 0.1) is 0 Å². The molecule has 4 nitrogen and oxygen atoms in total. The van der Waals surface area contributed by atoms with Crippen LogP contribution < -0.4 is 10.2 Å². The van der Waals surface area contributed by atoms with E-state index >= 15 is 0 Å². The smallest absolute Gasteiger partial charge is 0.550 e. The van der Waals surface area contributed by atoms with E-state index in [1.807, 2.05) is 0 Å². The Morgan fingerprint density at radius 1 is 0.333 bits per heavy atom. The summed E-state index contributed by atoms with van der Waals surface area (Å²) in [4.78, 5) is 20.4. The van der Waals surface area contributed by atoms with E-state index < -0.39 is 11.9 Å². The molecule has 0 aliphatic heterocycles. The van der Waals surface area contributed by atoms with Gasteiger partial charge in [-0.1, -0.05) is 181 Å². The minimum atomic E-state index is -0.904. The van der Waals surface area contributed by atoms with E-state index in [1.54, 1.807) is 0 Å². The Morgan fingerprint density at radius 3 is 0.641 bits per heavy atom. The van der Waals surface area contributed by atoms with Crippen molar-refractivity contribution in [3.8, 4) is 0 Å². The second-order valence-corrected chi connectivity index (χ2v) is 11.4. The van der Waals surface area contributed by atoms with Gasteiger partial charge in [-0.3, -0.25) is 0 Å². The van der Waals surface area contributed by atoms with Crippen molar-refractivity contribution in [2.75, 3.05) is 0 Å². The van der Waals surface area contributed by atoms with Crippen LogP contribution >= 0.6 is 0 Å². The molecule has 5 heteroatoms. The summed E-state index contributed by atoms with van der Waals surface area (Å²) < 4.78 is 0. The van der Waals surface area contributed by atoms with E-state index in [0.717, 1.165) is 25.7 Å². The Labute approximate surface area is 264 Å². The number of carbonyl (C=O) groups excluding carboxylic acids is 2. The summed E-state index contributed by atoms with van der Waals surface area (Å²) in [5.41, 5.74) is 0. The van der Waals surface area contributed by atoms with Crippen LogP contribution in [0.2, 0.25) is 0 Å². The molecule has 0 heterocycles. The SMILES string of the molecule is CCCCCCCCCCCCCCCCC(=O)[O-].CCCCCCCCCCCCCCCCC(=O)[O-].[Cd+2]. The van der Waals surface area contributed by atoms with Gasteiger partial charge < -0.3 is 19.8 Å². The summed E-state index contributed by atoms with van der Waals surface area (Å²) >= 11 is 0. The van der Waals surface area contributed by atoms with Crippen LogP contribution in [0.1, 0.15) is 206 Å². The number of unbranched alkanes of at least 4 members (excludes halogenated alkanes) is 26. The maximum atomic E-state index is 10.2. The van der Waals surface area contributed by atoms with Gasteiger partial charge in [0.2, 0.25) is 0 Å². The fourth-order valence-electron chi connectivity index (χ4n) is 4.93. The fraction of sp³-hybridized carbons (Fsp3) is 0.941. The van der Waals surface area contributed by atoms with Crippen molar-refractivity contribution in [1.29, 1.82) is 0 Å². The summed E-state index contributed by atoms with van der Waals surface area (Å²) in [6.07, 6.45) is 36.8. The van der Waals surface area contributed by atoms with Crippen LogP contribution in [0.4, 0.5) is 0 Å². The van der Waals surface area contributed by atoms with Crippen molar-refractivity contribution in [2.24, 2.45) is 0 Å². The van der Waals surface area contributed by atoms with Crippen molar-refractivity contribution in [3.63, 3.8) is 0 Å². The number of hydrogen-bond acceptors (Lipinski definition) is 4. The van der Waals surface area contributed by atoms with Gasteiger partial charge in [-0.2, -0.15) is 0 Å². The first-order valence-electron chi connectivity index (χ1n) is 16.9. The average molecular weight is 651 g/mol. The summed E-state index contributed by atoms with van der Waals surface area (Å²) in [5, 5.41) is 20.4. The van der Waals surface area contributed by atoms with Gasteiger partial charge in [0, 0.05) is 11.9 Å². The third-order valence-electron chi connectivity index (χ3n) is 7.47. The van der Waals surface area contributed by atoms with Crippen LogP contribution in [-0.2, 0) is 36.9 Å².